The van der Waals surface area contributed by atoms with Crippen molar-refractivity contribution in [2.75, 3.05) is 18.0 Å². The first-order valence-corrected chi connectivity index (χ1v) is 9.26. The van der Waals surface area contributed by atoms with Gasteiger partial charge < -0.3 is 10.2 Å². The van der Waals surface area contributed by atoms with E-state index < -0.39 is 0 Å². The summed E-state index contributed by atoms with van der Waals surface area (Å²) >= 11 is 1.42. The zero-order valence-electron chi connectivity index (χ0n) is 13.5. The number of amides is 2. The second-order valence-corrected chi connectivity index (χ2v) is 7.42. The predicted molar refractivity (Wildman–Crippen MR) is 91.5 cm³/mol. The van der Waals surface area contributed by atoms with Gasteiger partial charge in [-0.15, -0.1) is 0 Å². The Kier molecular flexibility index (Phi) is 5.20. The lowest BCUT2D eigenvalue weighted by molar-refractivity contribution is -0.124. The molecule has 2 aliphatic rings. The molecule has 0 bridgehead atoms. The molecule has 3 rings (SSSR count). The van der Waals surface area contributed by atoms with Gasteiger partial charge in [-0.3, -0.25) is 9.59 Å². The van der Waals surface area contributed by atoms with Crippen molar-refractivity contribution in [2.24, 2.45) is 5.92 Å². The van der Waals surface area contributed by atoms with Crippen molar-refractivity contribution in [3.8, 4) is 0 Å². The highest BCUT2D eigenvalue weighted by molar-refractivity contribution is 8.00. The van der Waals surface area contributed by atoms with Crippen molar-refractivity contribution < 1.29 is 9.59 Å². The molecule has 0 saturated heterocycles. The first-order valence-electron chi connectivity index (χ1n) is 8.38. The number of unbranched alkanes of at least 4 members (excludes halogenated alkanes) is 1. The minimum atomic E-state index is -0.367. The molecule has 1 aromatic rings. The van der Waals surface area contributed by atoms with Crippen LogP contribution in [0.3, 0.4) is 0 Å². The van der Waals surface area contributed by atoms with E-state index >= 15 is 0 Å². The summed E-state index contributed by atoms with van der Waals surface area (Å²) in [7, 11) is 0. The van der Waals surface area contributed by atoms with Crippen molar-refractivity contribution in [2.45, 2.75) is 49.3 Å². The molecule has 5 nitrogen and oxygen atoms in total. The number of thioether (sulfide) groups is 1. The number of carbonyl (C=O) groups is 2. The number of aromatic nitrogens is 1. The summed E-state index contributed by atoms with van der Waals surface area (Å²) < 4.78 is 0. The van der Waals surface area contributed by atoms with Gasteiger partial charge in [-0.2, -0.15) is 0 Å². The van der Waals surface area contributed by atoms with Crippen molar-refractivity contribution in [1.82, 2.24) is 10.3 Å². The largest absolute Gasteiger partial charge is 0.356 e. The second kappa shape index (κ2) is 7.34. The maximum atomic E-state index is 12.8. The molecule has 1 aromatic heterocycles. The Balaban J connectivity index is 1.68. The summed E-state index contributed by atoms with van der Waals surface area (Å²) in [5.41, 5.74) is 0.880. The van der Waals surface area contributed by atoms with Gasteiger partial charge in [0.05, 0.1) is 10.9 Å². The maximum Gasteiger partial charge on any atom is 0.241 e. The molecular weight excluding hydrogens is 310 g/mol. The third kappa shape index (κ3) is 4.05. The molecule has 0 spiro atoms. The summed E-state index contributed by atoms with van der Waals surface area (Å²) in [4.78, 5) is 31.1. The van der Waals surface area contributed by atoms with Crippen LogP contribution in [0.15, 0.2) is 23.4 Å². The zero-order chi connectivity index (χ0) is 16.2. The SMILES string of the molecule is CCCCN1C(=O)[C@@H](CC(=O)NCC2CC2)Sc2ncccc21. The van der Waals surface area contributed by atoms with Crippen LogP contribution >= 0.6 is 11.8 Å². The highest BCUT2D eigenvalue weighted by atomic mass is 32.2. The quantitative estimate of drug-likeness (QED) is 0.833. The van der Waals surface area contributed by atoms with E-state index in [1.165, 1.54) is 24.6 Å². The predicted octanol–water partition coefficient (Wildman–Crippen LogP) is 2.61. The molecule has 0 unspecified atom stereocenters. The Bertz CT molecular complexity index is 589. The maximum absolute atomic E-state index is 12.8. The second-order valence-electron chi connectivity index (χ2n) is 6.23. The van der Waals surface area contributed by atoms with Crippen molar-refractivity contribution in [3.63, 3.8) is 0 Å². The van der Waals surface area contributed by atoms with Crippen LogP contribution in [0.5, 0.6) is 0 Å². The summed E-state index contributed by atoms with van der Waals surface area (Å²) in [5, 5.41) is 3.43. The number of carbonyl (C=O) groups excluding carboxylic acids is 2. The molecule has 124 valence electrons. The third-order valence-electron chi connectivity index (χ3n) is 4.23. The number of nitrogens with one attached hydrogen (secondary N) is 1. The van der Waals surface area contributed by atoms with Gasteiger partial charge in [0.15, 0.2) is 0 Å². The van der Waals surface area contributed by atoms with Crippen LogP contribution in [0.25, 0.3) is 0 Å². The normalized spacial score (nSPS) is 20.3. The van der Waals surface area contributed by atoms with E-state index in [0.29, 0.717) is 12.5 Å². The van der Waals surface area contributed by atoms with E-state index in [1.54, 1.807) is 11.1 Å². The van der Waals surface area contributed by atoms with Gasteiger partial charge in [0.25, 0.3) is 0 Å². The molecule has 2 amide bonds. The fraction of sp³-hybridized carbons (Fsp3) is 0.588. The zero-order valence-corrected chi connectivity index (χ0v) is 14.3. The Morgan fingerprint density at radius 1 is 1.48 bits per heavy atom. The minimum Gasteiger partial charge on any atom is -0.356 e. The van der Waals surface area contributed by atoms with Gasteiger partial charge >= 0.3 is 0 Å². The van der Waals surface area contributed by atoms with Gasteiger partial charge in [-0.05, 0) is 37.3 Å². The van der Waals surface area contributed by atoms with Crippen molar-refractivity contribution >= 4 is 29.3 Å². The topological polar surface area (TPSA) is 62.3 Å². The van der Waals surface area contributed by atoms with Crippen LogP contribution in [0.4, 0.5) is 5.69 Å². The number of hydrogen-bond acceptors (Lipinski definition) is 4. The van der Waals surface area contributed by atoms with Crippen LogP contribution in [-0.2, 0) is 9.59 Å². The van der Waals surface area contributed by atoms with Gasteiger partial charge in [0, 0.05) is 25.7 Å². The molecule has 0 aromatic carbocycles. The minimum absolute atomic E-state index is 0.0300. The van der Waals surface area contributed by atoms with Crippen LogP contribution in [0.1, 0.15) is 39.0 Å². The number of fused-ring (bicyclic) bond motifs is 1. The summed E-state index contributed by atoms with van der Waals surface area (Å²) in [6.07, 6.45) is 6.36. The molecule has 6 heteroatoms. The van der Waals surface area contributed by atoms with E-state index in [-0.39, 0.29) is 23.5 Å². The Morgan fingerprint density at radius 3 is 3.04 bits per heavy atom. The number of pyridine rings is 1. The molecule has 1 N–H and O–H groups in total. The van der Waals surface area contributed by atoms with E-state index in [9.17, 15) is 9.59 Å². The number of hydrogen-bond donors (Lipinski definition) is 1. The van der Waals surface area contributed by atoms with Crippen molar-refractivity contribution in [3.05, 3.63) is 18.3 Å². The summed E-state index contributed by atoms with van der Waals surface area (Å²) in [5.74, 6) is 0.653. The van der Waals surface area contributed by atoms with Gasteiger partial charge in [-0.25, -0.2) is 4.98 Å². The van der Waals surface area contributed by atoms with E-state index in [0.717, 1.165) is 30.1 Å². The Morgan fingerprint density at radius 2 is 2.30 bits per heavy atom. The molecule has 1 saturated carbocycles. The molecule has 1 aliphatic carbocycles. The Labute approximate surface area is 141 Å². The van der Waals surface area contributed by atoms with Gasteiger partial charge in [0.2, 0.25) is 11.8 Å². The van der Waals surface area contributed by atoms with Crippen molar-refractivity contribution in [1.29, 1.82) is 0 Å². The molecular formula is C17H23N3O2S. The fourth-order valence-electron chi connectivity index (χ4n) is 2.65. The van der Waals surface area contributed by atoms with Gasteiger partial charge in [-0.1, -0.05) is 25.1 Å². The van der Waals surface area contributed by atoms with Crippen LogP contribution in [-0.4, -0.2) is 35.1 Å². The first-order chi connectivity index (χ1) is 11.2. The number of rotatable bonds is 7. The molecule has 1 fully saturated rings. The molecule has 1 aliphatic heterocycles. The highest BCUT2D eigenvalue weighted by Gasteiger charge is 2.35. The molecule has 23 heavy (non-hydrogen) atoms. The highest BCUT2D eigenvalue weighted by Crippen LogP contribution is 2.38. The van der Waals surface area contributed by atoms with E-state index in [1.807, 2.05) is 12.1 Å². The van der Waals surface area contributed by atoms with Crippen LogP contribution in [0.2, 0.25) is 0 Å². The Hall–Kier alpha value is -1.56. The van der Waals surface area contributed by atoms with E-state index in [2.05, 4.69) is 17.2 Å². The molecule has 2 heterocycles. The fourth-order valence-corrected chi connectivity index (χ4v) is 3.81. The average molecular weight is 333 g/mol. The summed E-state index contributed by atoms with van der Waals surface area (Å²) in [6, 6.07) is 3.79. The lowest BCUT2D eigenvalue weighted by Gasteiger charge is -2.32. The monoisotopic (exact) mass is 333 g/mol. The standard InChI is InChI=1S/C17H23N3O2S/c1-2-3-9-20-13-5-4-8-18-16(13)23-14(17(20)22)10-15(21)19-11-12-6-7-12/h4-5,8,12,14H,2-3,6-7,9-11H2,1H3,(H,19,21)/t14-/m1/s1. The molecule has 1 atom stereocenters. The summed E-state index contributed by atoms with van der Waals surface area (Å²) in [6.45, 7) is 3.55. The van der Waals surface area contributed by atoms with Crippen LogP contribution in [0, 0.1) is 5.92 Å². The lowest BCUT2D eigenvalue weighted by atomic mass is 10.2. The first kappa shape index (κ1) is 16.3. The van der Waals surface area contributed by atoms with Gasteiger partial charge in [0.1, 0.15) is 5.03 Å². The number of nitrogens with zero attached hydrogens (tertiary/aromatic N) is 2. The lowest BCUT2D eigenvalue weighted by Crippen LogP contribution is -2.44. The smallest absolute Gasteiger partial charge is 0.241 e. The third-order valence-corrected chi connectivity index (χ3v) is 5.42. The number of anilines is 1. The van der Waals surface area contributed by atoms with Crippen LogP contribution < -0.4 is 10.2 Å². The molecule has 0 radical (unpaired) electrons. The van der Waals surface area contributed by atoms with E-state index in [4.69, 9.17) is 0 Å². The average Bonchev–Trinajstić information content (AvgIpc) is 3.37.